The number of hydrogen-bond donors (Lipinski definition) is 1. The summed E-state index contributed by atoms with van der Waals surface area (Å²) in [5.41, 5.74) is 2.08. The average molecular weight is 432 g/mol. The molecule has 0 fully saturated rings. The van der Waals surface area contributed by atoms with Gasteiger partial charge in [0, 0.05) is 17.1 Å². The van der Waals surface area contributed by atoms with E-state index in [2.05, 4.69) is 12.2 Å². The van der Waals surface area contributed by atoms with Crippen molar-refractivity contribution >= 4 is 29.2 Å². The highest BCUT2D eigenvalue weighted by Gasteiger charge is 2.08. The molecule has 0 aromatic heterocycles. The highest BCUT2D eigenvalue weighted by atomic mass is 35.5. The Morgan fingerprint density at radius 1 is 0.967 bits per heavy atom. The lowest BCUT2D eigenvalue weighted by Crippen LogP contribution is -2.13. The summed E-state index contributed by atoms with van der Waals surface area (Å²) in [5, 5.41) is 3.53. The topological polar surface area (TPSA) is 64.6 Å². The van der Waals surface area contributed by atoms with Crippen molar-refractivity contribution < 1.29 is 19.1 Å². The van der Waals surface area contributed by atoms with Gasteiger partial charge >= 0.3 is 5.97 Å². The Morgan fingerprint density at radius 2 is 1.73 bits per heavy atom. The molecule has 0 aliphatic rings. The highest BCUT2D eigenvalue weighted by Crippen LogP contribution is 2.21. The first-order valence-electron chi connectivity index (χ1n) is 10.5. The SMILES string of the molecule is CCCCCCOC(=O)c1ccc(NC(=O)CCCOc2ccc(Cl)c(C)c2)cc1. The molecular weight excluding hydrogens is 402 g/mol. The van der Waals surface area contributed by atoms with Gasteiger partial charge in [-0.05, 0) is 67.8 Å². The summed E-state index contributed by atoms with van der Waals surface area (Å²) >= 11 is 5.99. The standard InChI is InChI=1S/C24H30ClNO4/c1-3-4-5-6-15-30-24(28)19-9-11-20(12-10-19)26-23(27)8-7-16-29-21-13-14-22(25)18(2)17-21/h9-14,17H,3-8,15-16H2,1-2H3,(H,26,27). The fourth-order valence-corrected chi connectivity index (χ4v) is 2.94. The predicted molar refractivity (Wildman–Crippen MR) is 120 cm³/mol. The van der Waals surface area contributed by atoms with Crippen molar-refractivity contribution in [1.29, 1.82) is 0 Å². The third-order valence-corrected chi connectivity index (χ3v) is 5.01. The molecule has 0 bridgehead atoms. The second-order valence-corrected chi connectivity index (χ2v) is 7.59. The van der Waals surface area contributed by atoms with Crippen LogP contribution in [-0.4, -0.2) is 25.1 Å². The molecule has 0 heterocycles. The number of aryl methyl sites for hydroxylation is 1. The van der Waals surface area contributed by atoms with Gasteiger partial charge in [0.1, 0.15) is 5.75 Å². The second kappa shape index (κ2) is 12.9. The molecule has 5 nitrogen and oxygen atoms in total. The minimum atomic E-state index is -0.334. The Morgan fingerprint density at radius 3 is 2.43 bits per heavy atom. The third-order valence-electron chi connectivity index (χ3n) is 4.58. The van der Waals surface area contributed by atoms with Crippen LogP contribution in [0.1, 0.15) is 61.4 Å². The maximum Gasteiger partial charge on any atom is 0.338 e. The highest BCUT2D eigenvalue weighted by molar-refractivity contribution is 6.31. The van der Waals surface area contributed by atoms with E-state index >= 15 is 0 Å². The van der Waals surface area contributed by atoms with Gasteiger partial charge in [-0.2, -0.15) is 0 Å². The first kappa shape index (κ1) is 23.7. The van der Waals surface area contributed by atoms with E-state index in [1.54, 1.807) is 30.3 Å². The van der Waals surface area contributed by atoms with E-state index in [4.69, 9.17) is 21.1 Å². The number of unbranched alkanes of at least 4 members (excludes halogenated alkanes) is 3. The van der Waals surface area contributed by atoms with Gasteiger partial charge in [-0.15, -0.1) is 0 Å². The van der Waals surface area contributed by atoms with Crippen molar-refractivity contribution in [3.63, 3.8) is 0 Å². The fraction of sp³-hybridized carbons (Fsp3) is 0.417. The normalized spacial score (nSPS) is 10.5. The lowest BCUT2D eigenvalue weighted by molar-refractivity contribution is -0.116. The lowest BCUT2D eigenvalue weighted by Gasteiger charge is -2.09. The maximum atomic E-state index is 12.1. The molecule has 0 aliphatic heterocycles. The predicted octanol–water partition coefficient (Wildman–Crippen LogP) is 6.18. The van der Waals surface area contributed by atoms with Gasteiger partial charge in [-0.1, -0.05) is 37.8 Å². The summed E-state index contributed by atoms with van der Waals surface area (Å²) in [6.07, 6.45) is 5.19. The van der Waals surface area contributed by atoms with Crippen LogP contribution in [0.5, 0.6) is 5.75 Å². The Balaban J connectivity index is 1.67. The number of carbonyl (C=O) groups is 2. The van der Waals surface area contributed by atoms with Crippen molar-refractivity contribution in [1.82, 2.24) is 0 Å². The van der Waals surface area contributed by atoms with Gasteiger partial charge in [0.15, 0.2) is 0 Å². The number of esters is 1. The Bertz CT molecular complexity index is 820. The van der Waals surface area contributed by atoms with Crippen LogP contribution in [0.25, 0.3) is 0 Å². The summed E-state index contributed by atoms with van der Waals surface area (Å²) in [4.78, 5) is 24.1. The van der Waals surface area contributed by atoms with Crippen molar-refractivity contribution in [2.75, 3.05) is 18.5 Å². The minimum absolute atomic E-state index is 0.0999. The van der Waals surface area contributed by atoms with Crippen LogP contribution >= 0.6 is 11.6 Å². The zero-order valence-electron chi connectivity index (χ0n) is 17.7. The Hall–Kier alpha value is -2.53. The van der Waals surface area contributed by atoms with Crippen molar-refractivity contribution in [3.8, 4) is 5.75 Å². The van der Waals surface area contributed by atoms with Crippen LogP contribution in [0.3, 0.4) is 0 Å². The molecule has 30 heavy (non-hydrogen) atoms. The summed E-state index contributed by atoms with van der Waals surface area (Å²) in [6.45, 7) is 4.94. The molecule has 0 saturated carbocycles. The fourth-order valence-electron chi connectivity index (χ4n) is 2.82. The van der Waals surface area contributed by atoms with Gasteiger partial charge < -0.3 is 14.8 Å². The van der Waals surface area contributed by atoms with E-state index < -0.39 is 0 Å². The molecule has 1 N–H and O–H groups in total. The number of benzene rings is 2. The van der Waals surface area contributed by atoms with Gasteiger partial charge in [-0.3, -0.25) is 4.79 Å². The van der Waals surface area contributed by atoms with Gasteiger partial charge in [0.05, 0.1) is 18.8 Å². The number of nitrogens with one attached hydrogen (secondary N) is 1. The van der Waals surface area contributed by atoms with Crippen molar-refractivity contribution in [2.45, 2.75) is 52.4 Å². The molecule has 0 spiro atoms. The summed E-state index contributed by atoms with van der Waals surface area (Å²) in [6, 6.07) is 12.2. The van der Waals surface area contributed by atoms with Crippen LogP contribution in [-0.2, 0) is 9.53 Å². The van der Waals surface area contributed by atoms with Crippen LogP contribution in [0, 0.1) is 6.92 Å². The minimum Gasteiger partial charge on any atom is -0.494 e. The smallest absolute Gasteiger partial charge is 0.338 e. The largest absolute Gasteiger partial charge is 0.494 e. The van der Waals surface area contributed by atoms with Crippen LogP contribution in [0.4, 0.5) is 5.69 Å². The van der Waals surface area contributed by atoms with Gasteiger partial charge in [0.2, 0.25) is 5.91 Å². The summed E-state index contributed by atoms with van der Waals surface area (Å²) < 4.78 is 10.9. The number of rotatable bonds is 12. The number of hydrogen-bond acceptors (Lipinski definition) is 4. The van der Waals surface area contributed by atoms with E-state index in [9.17, 15) is 9.59 Å². The van der Waals surface area contributed by atoms with Gasteiger partial charge in [0.25, 0.3) is 0 Å². The molecule has 6 heteroatoms. The van der Waals surface area contributed by atoms with Crippen LogP contribution in [0.2, 0.25) is 5.02 Å². The molecule has 0 saturated heterocycles. The number of anilines is 1. The third kappa shape index (κ3) is 8.46. The molecular formula is C24H30ClNO4. The van der Waals surface area contributed by atoms with Crippen molar-refractivity contribution in [3.05, 3.63) is 58.6 Å². The van der Waals surface area contributed by atoms with E-state index in [1.165, 1.54) is 0 Å². The molecule has 2 aromatic rings. The average Bonchev–Trinajstić information content (AvgIpc) is 2.74. The molecule has 0 unspecified atom stereocenters. The van der Waals surface area contributed by atoms with E-state index in [-0.39, 0.29) is 11.9 Å². The van der Waals surface area contributed by atoms with E-state index in [0.29, 0.717) is 42.3 Å². The number of carbonyl (C=O) groups excluding carboxylic acids is 2. The molecule has 1 amide bonds. The second-order valence-electron chi connectivity index (χ2n) is 7.19. The number of halogens is 1. The molecule has 2 aromatic carbocycles. The molecule has 0 radical (unpaired) electrons. The van der Waals surface area contributed by atoms with Crippen LogP contribution < -0.4 is 10.1 Å². The van der Waals surface area contributed by atoms with Crippen LogP contribution in [0.15, 0.2) is 42.5 Å². The monoisotopic (exact) mass is 431 g/mol. The molecule has 162 valence electrons. The zero-order valence-corrected chi connectivity index (χ0v) is 18.5. The molecule has 0 atom stereocenters. The number of amides is 1. The van der Waals surface area contributed by atoms with Crippen molar-refractivity contribution in [2.24, 2.45) is 0 Å². The first-order valence-corrected chi connectivity index (χ1v) is 10.8. The van der Waals surface area contributed by atoms with E-state index in [1.807, 2.05) is 19.1 Å². The quantitative estimate of drug-likeness (QED) is 0.321. The Labute approximate surface area is 183 Å². The number of ether oxygens (including phenoxy) is 2. The summed E-state index contributed by atoms with van der Waals surface area (Å²) in [7, 11) is 0. The Kier molecular flexibility index (Phi) is 10.2. The summed E-state index contributed by atoms with van der Waals surface area (Å²) in [5.74, 6) is 0.307. The van der Waals surface area contributed by atoms with E-state index in [0.717, 1.165) is 37.0 Å². The zero-order chi connectivity index (χ0) is 21.8. The molecule has 2 rings (SSSR count). The lowest BCUT2D eigenvalue weighted by atomic mass is 10.2. The molecule has 0 aliphatic carbocycles. The van der Waals surface area contributed by atoms with Gasteiger partial charge in [-0.25, -0.2) is 4.79 Å². The maximum absolute atomic E-state index is 12.1. The first-order chi connectivity index (χ1) is 14.5.